The molecular formula is C32H34FIN6O5. The van der Waals surface area contributed by atoms with Crippen LogP contribution < -0.4 is 32.8 Å². The van der Waals surface area contributed by atoms with Crippen molar-refractivity contribution in [1.82, 2.24) is 19.0 Å². The molecule has 2 heterocycles. The Kier molecular flexibility index (Phi) is 9.56. The fraction of sp³-hybridized carbons (Fsp3) is 0.344. The maximum Gasteiger partial charge on any atom is 0.336 e. The molecule has 4 aromatic rings. The van der Waals surface area contributed by atoms with Gasteiger partial charge >= 0.3 is 5.69 Å². The number of hydrogen-bond donors (Lipinski definition) is 3. The Labute approximate surface area is 271 Å². The summed E-state index contributed by atoms with van der Waals surface area (Å²) in [6, 6.07) is 10.8. The summed E-state index contributed by atoms with van der Waals surface area (Å²) in [5.41, 5.74) is -0.631. The third-order valence-electron chi connectivity index (χ3n) is 7.76. The van der Waals surface area contributed by atoms with Crippen molar-refractivity contribution in [1.29, 1.82) is 0 Å². The maximum absolute atomic E-state index is 14.9. The van der Waals surface area contributed by atoms with Crippen molar-refractivity contribution in [2.45, 2.75) is 58.4 Å². The van der Waals surface area contributed by atoms with Gasteiger partial charge in [-0.2, -0.15) is 0 Å². The van der Waals surface area contributed by atoms with Crippen LogP contribution in [0.25, 0.3) is 16.6 Å². The Balaban J connectivity index is 1.60. The molecule has 0 bridgehead atoms. The van der Waals surface area contributed by atoms with Crippen LogP contribution >= 0.6 is 22.6 Å². The number of carbonyl (C=O) groups excluding carboxylic acids is 2. The number of aryl methyl sites for hydroxylation is 1. The van der Waals surface area contributed by atoms with Crippen molar-refractivity contribution >= 4 is 62.5 Å². The van der Waals surface area contributed by atoms with Gasteiger partial charge in [0.25, 0.3) is 11.1 Å². The zero-order valence-electron chi connectivity index (χ0n) is 25.2. The summed E-state index contributed by atoms with van der Waals surface area (Å²) in [6.07, 6.45) is 3.43. The molecule has 2 amide bonds. The first-order chi connectivity index (χ1) is 21.5. The Morgan fingerprint density at radius 3 is 2.47 bits per heavy atom. The van der Waals surface area contributed by atoms with Gasteiger partial charge in [-0.25, -0.2) is 9.18 Å². The lowest BCUT2D eigenvalue weighted by Gasteiger charge is -2.21. The van der Waals surface area contributed by atoms with Crippen molar-refractivity contribution < 1.29 is 14.0 Å². The van der Waals surface area contributed by atoms with E-state index in [1.54, 1.807) is 30.3 Å². The minimum atomic E-state index is -0.615. The minimum Gasteiger partial charge on any atom is -0.356 e. The molecule has 0 unspecified atom stereocenters. The van der Waals surface area contributed by atoms with E-state index in [0.717, 1.165) is 12.8 Å². The van der Waals surface area contributed by atoms with E-state index in [2.05, 4.69) is 16.0 Å². The van der Waals surface area contributed by atoms with Crippen LogP contribution in [0.3, 0.4) is 0 Å². The van der Waals surface area contributed by atoms with Gasteiger partial charge < -0.3 is 16.0 Å². The third-order valence-corrected chi connectivity index (χ3v) is 8.43. The number of halogens is 2. The normalized spacial score (nSPS) is 12.7. The summed E-state index contributed by atoms with van der Waals surface area (Å²) in [5.74, 6) is -0.954. The Morgan fingerprint density at radius 1 is 1.02 bits per heavy atom. The molecule has 0 spiro atoms. The van der Waals surface area contributed by atoms with Gasteiger partial charge in [-0.1, -0.05) is 19.4 Å². The van der Waals surface area contributed by atoms with Crippen molar-refractivity contribution in [3.05, 3.63) is 88.6 Å². The fourth-order valence-electron chi connectivity index (χ4n) is 5.26. The molecule has 13 heteroatoms. The van der Waals surface area contributed by atoms with E-state index in [1.165, 1.54) is 39.8 Å². The van der Waals surface area contributed by atoms with Gasteiger partial charge in [-0.15, -0.1) is 0 Å². The highest BCUT2D eigenvalue weighted by Gasteiger charge is 2.31. The van der Waals surface area contributed by atoms with Crippen molar-refractivity contribution in [2.24, 2.45) is 7.05 Å². The molecule has 1 aliphatic rings. The fourth-order valence-corrected chi connectivity index (χ4v) is 5.71. The number of carbonyl (C=O) groups is 2. The van der Waals surface area contributed by atoms with Crippen LogP contribution in [0.4, 0.5) is 21.6 Å². The van der Waals surface area contributed by atoms with Gasteiger partial charge in [-0.05, 0) is 85.2 Å². The van der Waals surface area contributed by atoms with Crippen molar-refractivity contribution in [2.75, 3.05) is 17.2 Å². The number of rotatable bonds is 11. The molecule has 3 N–H and O–H groups in total. The number of hydrogen-bond acceptors (Lipinski definition) is 6. The summed E-state index contributed by atoms with van der Waals surface area (Å²) < 4.78 is 19.4. The summed E-state index contributed by atoms with van der Waals surface area (Å²) in [6.45, 7) is 3.72. The number of benzene rings is 2. The van der Waals surface area contributed by atoms with Gasteiger partial charge in [-0.3, -0.25) is 32.9 Å². The predicted molar refractivity (Wildman–Crippen MR) is 180 cm³/mol. The van der Waals surface area contributed by atoms with Crippen LogP contribution in [0, 0.1) is 16.3 Å². The van der Waals surface area contributed by atoms with E-state index >= 15 is 0 Å². The first-order valence-electron chi connectivity index (χ1n) is 14.8. The molecular weight excluding hydrogens is 694 g/mol. The quantitative estimate of drug-likeness (QED) is 0.193. The predicted octanol–water partition coefficient (Wildman–Crippen LogP) is 4.62. The van der Waals surface area contributed by atoms with E-state index in [0.29, 0.717) is 34.2 Å². The molecule has 11 nitrogen and oxygen atoms in total. The standard InChI is InChI=1S/C32H34FIN6O5/c1-4-5-9-25(41)35-15-14-26(42)36-20-7-6-8-22(17-20)39-28-18(2)30(43)38(3)29(37-24-13-10-19(34)16-23(24)33)27(28)31(44)40(32(39)45)21-11-12-21/h6-8,10,13,16-17,21,37H,4-5,9,11-12,14-15H2,1-3H3,(H,35,41)(H,36,42). The molecule has 1 saturated carbocycles. The first kappa shape index (κ1) is 32.1. The number of amides is 2. The Morgan fingerprint density at radius 2 is 1.78 bits per heavy atom. The molecule has 236 valence electrons. The lowest BCUT2D eigenvalue weighted by molar-refractivity contribution is -0.121. The molecule has 1 aliphatic carbocycles. The molecule has 0 aliphatic heterocycles. The molecule has 1 fully saturated rings. The first-order valence-corrected chi connectivity index (χ1v) is 15.9. The number of nitrogens with zero attached hydrogens (tertiary/aromatic N) is 3. The second-order valence-electron chi connectivity index (χ2n) is 11.1. The monoisotopic (exact) mass is 728 g/mol. The topological polar surface area (TPSA) is 136 Å². The van der Waals surface area contributed by atoms with Crippen LogP contribution in [-0.2, 0) is 16.6 Å². The minimum absolute atomic E-state index is 0.0524. The molecule has 2 aromatic heterocycles. The largest absolute Gasteiger partial charge is 0.356 e. The summed E-state index contributed by atoms with van der Waals surface area (Å²) in [5, 5.41) is 8.54. The van der Waals surface area contributed by atoms with Crippen LogP contribution in [-0.4, -0.2) is 32.1 Å². The highest BCUT2D eigenvalue weighted by atomic mass is 127. The average molecular weight is 729 g/mol. The third kappa shape index (κ3) is 6.72. The lowest BCUT2D eigenvalue weighted by atomic mass is 10.1. The summed E-state index contributed by atoms with van der Waals surface area (Å²) in [7, 11) is 1.49. The number of anilines is 3. The second-order valence-corrected chi connectivity index (χ2v) is 12.4. The number of unbranched alkanes of at least 4 members (excludes halogenated alkanes) is 1. The molecule has 0 radical (unpaired) electrons. The van der Waals surface area contributed by atoms with Crippen molar-refractivity contribution in [3.63, 3.8) is 0 Å². The zero-order valence-corrected chi connectivity index (χ0v) is 27.4. The maximum atomic E-state index is 14.9. The number of pyridine rings is 1. The van der Waals surface area contributed by atoms with Crippen LogP contribution in [0.15, 0.2) is 56.8 Å². The van der Waals surface area contributed by atoms with Crippen LogP contribution in [0.1, 0.15) is 57.1 Å². The molecule has 45 heavy (non-hydrogen) atoms. The van der Waals surface area contributed by atoms with Gasteiger partial charge in [0.05, 0.1) is 16.9 Å². The SMILES string of the molecule is CCCCC(=O)NCCC(=O)Nc1cccc(-n2c(=O)n(C3CC3)c(=O)c3c(Nc4ccc(I)cc4F)n(C)c(=O)c(C)c32)c1. The van der Waals surface area contributed by atoms with E-state index in [4.69, 9.17) is 0 Å². The van der Waals surface area contributed by atoms with Crippen molar-refractivity contribution in [3.8, 4) is 5.69 Å². The van der Waals surface area contributed by atoms with Gasteiger partial charge in [0.2, 0.25) is 11.8 Å². The van der Waals surface area contributed by atoms with E-state index < -0.39 is 22.6 Å². The summed E-state index contributed by atoms with van der Waals surface area (Å²) >= 11 is 1.99. The Hall–Kier alpha value is -4.27. The van der Waals surface area contributed by atoms with E-state index in [-0.39, 0.29) is 58.8 Å². The highest BCUT2D eigenvalue weighted by molar-refractivity contribution is 14.1. The average Bonchev–Trinajstić information content (AvgIpc) is 3.83. The number of nitrogens with one attached hydrogen (secondary N) is 3. The molecule has 5 rings (SSSR count). The highest BCUT2D eigenvalue weighted by Crippen LogP contribution is 2.34. The second kappa shape index (κ2) is 13.4. The van der Waals surface area contributed by atoms with E-state index in [1.807, 2.05) is 29.5 Å². The molecule has 0 atom stereocenters. The van der Waals surface area contributed by atoms with E-state index in [9.17, 15) is 28.4 Å². The van der Waals surface area contributed by atoms with Crippen LogP contribution in [0.2, 0.25) is 0 Å². The van der Waals surface area contributed by atoms with Gasteiger partial charge in [0.15, 0.2) is 0 Å². The van der Waals surface area contributed by atoms with Crippen LogP contribution in [0.5, 0.6) is 0 Å². The Bertz CT molecular complexity index is 2000. The smallest absolute Gasteiger partial charge is 0.336 e. The number of aromatic nitrogens is 3. The number of fused-ring (bicyclic) bond motifs is 1. The van der Waals surface area contributed by atoms with Gasteiger partial charge in [0.1, 0.15) is 17.0 Å². The molecule has 2 aromatic carbocycles. The zero-order chi connectivity index (χ0) is 32.4. The lowest BCUT2D eigenvalue weighted by Crippen LogP contribution is -2.41. The molecule has 0 saturated heterocycles. The van der Waals surface area contributed by atoms with Gasteiger partial charge in [0, 0.05) is 47.3 Å². The summed E-state index contributed by atoms with van der Waals surface area (Å²) in [4.78, 5) is 66.1.